The lowest BCUT2D eigenvalue weighted by Crippen LogP contribution is -2.31. The van der Waals surface area contributed by atoms with Gasteiger partial charge in [0, 0.05) is 23.2 Å². The van der Waals surface area contributed by atoms with Gasteiger partial charge in [0.25, 0.3) is 0 Å². The third kappa shape index (κ3) is 5.03. The molecule has 0 saturated carbocycles. The highest BCUT2D eigenvalue weighted by Gasteiger charge is 2.15. The Kier molecular flexibility index (Phi) is 6.24. The molecule has 1 aliphatic rings. The smallest absolute Gasteiger partial charge is 0.119 e. The van der Waals surface area contributed by atoms with Crippen LogP contribution >= 0.6 is 28.1 Å². The van der Waals surface area contributed by atoms with E-state index in [1.54, 1.807) is 0 Å². The fourth-order valence-corrected chi connectivity index (χ4v) is 3.05. The third-order valence-electron chi connectivity index (χ3n) is 3.95. The number of ether oxygens (including phenoxy) is 2. The summed E-state index contributed by atoms with van der Waals surface area (Å²) in [7, 11) is 0. The van der Waals surface area contributed by atoms with Gasteiger partial charge in [0.2, 0.25) is 0 Å². The quantitative estimate of drug-likeness (QED) is 0.717. The summed E-state index contributed by atoms with van der Waals surface area (Å²) in [6, 6.07) is 16.0. The standard InChI is InChI=1S/C19H20BrNO2S/c20-16-7-3-14(4-8-16)13-23-17-9-5-15(6-10-17)19(24)21-12-18-2-1-11-22-18/h3-10,18H,1-2,11-13H2,(H,21,24)/t18-/m1/s1. The van der Waals surface area contributed by atoms with Gasteiger partial charge in [0.15, 0.2) is 0 Å². The van der Waals surface area contributed by atoms with E-state index < -0.39 is 0 Å². The fraction of sp³-hybridized carbons (Fsp3) is 0.316. The van der Waals surface area contributed by atoms with Crippen molar-refractivity contribution in [1.82, 2.24) is 5.32 Å². The molecule has 0 amide bonds. The molecule has 5 heteroatoms. The molecular formula is C19H20BrNO2S. The maximum atomic E-state index is 5.81. The molecule has 0 aromatic heterocycles. The van der Waals surface area contributed by atoms with Crippen LogP contribution in [0.2, 0.25) is 0 Å². The molecule has 0 spiro atoms. The zero-order chi connectivity index (χ0) is 16.8. The minimum absolute atomic E-state index is 0.288. The van der Waals surface area contributed by atoms with Crippen molar-refractivity contribution in [1.29, 1.82) is 0 Å². The zero-order valence-electron chi connectivity index (χ0n) is 13.3. The maximum Gasteiger partial charge on any atom is 0.119 e. The predicted molar refractivity (Wildman–Crippen MR) is 104 cm³/mol. The molecule has 0 radical (unpaired) electrons. The largest absolute Gasteiger partial charge is 0.489 e. The highest BCUT2D eigenvalue weighted by molar-refractivity contribution is 9.10. The fourth-order valence-electron chi connectivity index (χ4n) is 2.56. The van der Waals surface area contributed by atoms with Gasteiger partial charge < -0.3 is 14.8 Å². The Morgan fingerprint density at radius 1 is 1.17 bits per heavy atom. The molecule has 2 aromatic rings. The summed E-state index contributed by atoms with van der Waals surface area (Å²) in [5.41, 5.74) is 2.13. The Balaban J connectivity index is 1.48. The molecular weight excluding hydrogens is 386 g/mol. The van der Waals surface area contributed by atoms with Gasteiger partial charge in [-0.15, -0.1) is 0 Å². The Labute approximate surface area is 156 Å². The first-order chi connectivity index (χ1) is 11.7. The topological polar surface area (TPSA) is 30.5 Å². The second-order valence-electron chi connectivity index (χ2n) is 5.78. The van der Waals surface area contributed by atoms with Gasteiger partial charge in [-0.3, -0.25) is 0 Å². The molecule has 1 fully saturated rings. The summed E-state index contributed by atoms with van der Waals surface area (Å²) >= 11 is 8.87. The van der Waals surface area contributed by atoms with Crippen LogP contribution in [-0.2, 0) is 11.3 Å². The lowest BCUT2D eigenvalue weighted by Gasteiger charge is -2.13. The van der Waals surface area contributed by atoms with E-state index in [1.807, 2.05) is 48.5 Å². The predicted octanol–water partition coefficient (Wildman–Crippen LogP) is 4.47. The van der Waals surface area contributed by atoms with Crippen LogP contribution < -0.4 is 10.1 Å². The second kappa shape index (κ2) is 8.60. The van der Waals surface area contributed by atoms with E-state index in [0.29, 0.717) is 6.61 Å². The minimum atomic E-state index is 0.288. The number of rotatable bonds is 6. The van der Waals surface area contributed by atoms with E-state index in [0.717, 1.165) is 52.3 Å². The number of hydrogen-bond acceptors (Lipinski definition) is 3. The van der Waals surface area contributed by atoms with E-state index in [-0.39, 0.29) is 6.10 Å². The number of nitrogens with one attached hydrogen (secondary N) is 1. The average Bonchev–Trinajstić information content (AvgIpc) is 3.13. The molecule has 1 atom stereocenters. The van der Waals surface area contributed by atoms with Crippen LogP contribution in [-0.4, -0.2) is 24.2 Å². The van der Waals surface area contributed by atoms with Gasteiger partial charge >= 0.3 is 0 Å². The minimum Gasteiger partial charge on any atom is -0.489 e. The van der Waals surface area contributed by atoms with Gasteiger partial charge in [-0.25, -0.2) is 0 Å². The Morgan fingerprint density at radius 2 is 1.92 bits per heavy atom. The zero-order valence-corrected chi connectivity index (χ0v) is 15.7. The van der Waals surface area contributed by atoms with Crippen LogP contribution in [0.3, 0.4) is 0 Å². The van der Waals surface area contributed by atoms with E-state index >= 15 is 0 Å². The third-order valence-corrected chi connectivity index (χ3v) is 4.86. The molecule has 3 nitrogen and oxygen atoms in total. The highest BCUT2D eigenvalue weighted by Crippen LogP contribution is 2.16. The molecule has 0 aliphatic carbocycles. The molecule has 3 rings (SSSR count). The summed E-state index contributed by atoms with van der Waals surface area (Å²) in [6.45, 7) is 2.19. The summed E-state index contributed by atoms with van der Waals surface area (Å²) in [5, 5.41) is 3.28. The number of hydrogen-bond donors (Lipinski definition) is 1. The van der Waals surface area contributed by atoms with Gasteiger partial charge in [-0.05, 0) is 54.8 Å². The van der Waals surface area contributed by atoms with Crippen LogP contribution in [0, 0.1) is 0 Å². The molecule has 24 heavy (non-hydrogen) atoms. The number of benzene rings is 2. The van der Waals surface area contributed by atoms with Crippen LogP contribution in [0.15, 0.2) is 53.0 Å². The van der Waals surface area contributed by atoms with E-state index in [2.05, 4.69) is 21.2 Å². The van der Waals surface area contributed by atoms with Crippen molar-refractivity contribution >= 4 is 33.1 Å². The molecule has 0 unspecified atom stereocenters. The van der Waals surface area contributed by atoms with Crippen molar-refractivity contribution < 1.29 is 9.47 Å². The normalized spacial score (nSPS) is 16.8. The molecule has 0 bridgehead atoms. The number of thiocarbonyl (C=S) groups is 1. The van der Waals surface area contributed by atoms with Crippen LogP contribution in [0.25, 0.3) is 0 Å². The Morgan fingerprint density at radius 3 is 2.58 bits per heavy atom. The van der Waals surface area contributed by atoms with Crippen LogP contribution in [0.4, 0.5) is 0 Å². The van der Waals surface area contributed by atoms with Gasteiger partial charge in [-0.2, -0.15) is 0 Å². The molecule has 2 aromatic carbocycles. The summed E-state index contributed by atoms with van der Waals surface area (Å²) < 4.78 is 12.5. The Hall–Kier alpha value is -1.43. The first-order valence-electron chi connectivity index (χ1n) is 8.08. The number of halogens is 1. The van der Waals surface area contributed by atoms with E-state index in [9.17, 15) is 0 Å². The van der Waals surface area contributed by atoms with Crippen molar-refractivity contribution in [2.24, 2.45) is 0 Å². The summed E-state index contributed by atoms with van der Waals surface area (Å²) in [4.78, 5) is 0.755. The lowest BCUT2D eigenvalue weighted by atomic mass is 10.2. The van der Waals surface area contributed by atoms with Gasteiger partial charge in [-0.1, -0.05) is 40.3 Å². The maximum absolute atomic E-state index is 5.81. The monoisotopic (exact) mass is 405 g/mol. The molecule has 1 heterocycles. The summed E-state index contributed by atoms with van der Waals surface area (Å²) in [6.07, 6.45) is 2.54. The molecule has 1 N–H and O–H groups in total. The SMILES string of the molecule is S=C(NC[C@H]1CCCO1)c1ccc(OCc2ccc(Br)cc2)cc1. The van der Waals surface area contributed by atoms with Crippen molar-refractivity contribution in [2.45, 2.75) is 25.6 Å². The second-order valence-corrected chi connectivity index (χ2v) is 7.11. The van der Waals surface area contributed by atoms with Crippen molar-refractivity contribution in [3.8, 4) is 5.75 Å². The average molecular weight is 406 g/mol. The van der Waals surface area contributed by atoms with Gasteiger partial charge in [0.05, 0.1) is 6.10 Å². The van der Waals surface area contributed by atoms with E-state index in [1.165, 1.54) is 0 Å². The van der Waals surface area contributed by atoms with Crippen LogP contribution in [0.1, 0.15) is 24.0 Å². The van der Waals surface area contributed by atoms with Gasteiger partial charge in [0.1, 0.15) is 17.3 Å². The van der Waals surface area contributed by atoms with Crippen molar-refractivity contribution in [3.63, 3.8) is 0 Å². The highest BCUT2D eigenvalue weighted by atomic mass is 79.9. The Bertz CT molecular complexity index is 667. The van der Waals surface area contributed by atoms with Crippen molar-refractivity contribution in [2.75, 3.05) is 13.2 Å². The lowest BCUT2D eigenvalue weighted by molar-refractivity contribution is 0.114. The molecule has 1 saturated heterocycles. The first kappa shape index (κ1) is 17.4. The molecule has 126 valence electrons. The van der Waals surface area contributed by atoms with E-state index in [4.69, 9.17) is 21.7 Å². The summed E-state index contributed by atoms with van der Waals surface area (Å²) in [5.74, 6) is 0.837. The first-order valence-corrected chi connectivity index (χ1v) is 9.28. The van der Waals surface area contributed by atoms with Crippen LogP contribution in [0.5, 0.6) is 5.75 Å². The molecule has 1 aliphatic heterocycles. The van der Waals surface area contributed by atoms with Crippen molar-refractivity contribution in [3.05, 3.63) is 64.1 Å².